The van der Waals surface area contributed by atoms with Crippen molar-refractivity contribution in [2.24, 2.45) is 5.41 Å². The number of nitrogens with zero attached hydrogens (tertiary/aromatic N) is 1. The number of fused-ring (bicyclic) bond motifs is 1. The lowest BCUT2D eigenvalue weighted by atomic mass is 9.95. The first-order chi connectivity index (χ1) is 10.5. The van der Waals surface area contributed by atoms with Gasteiger partial charge in [-0.25, -0.2) is 4.98 Å². The number of pyridine rings is 1. The molecular formula is C20H25NO. The van der Waals surface area contributed by atoms with E-state index < -0.39 is 0 Å². The standard InChI is InChI=1S/C20H25NO/c1-14-10-11-17-15(14)7-5-8-16(17)18-9-6-12-21-19(18)22-13-20(2,3)4/h5-9,12,14H,10-11,13H2,1-4H3/t14-/m1/s1. The Morgan fingerprint density at radius 3 is 2.68 bits per heavy atom. The van der Waals surface area contributed by atoms with Crippen LogP contribution in [-0.4, -0.2) is 11.6 Å². The van der Waals surface area contributed by atoms with Crippen molar-refractivity contribution in [2.75, 3.05) is 6.61 Å². The van der Waals surface area contributed by atoms with Crippen molar-refractivity contribution in [3.63, 3.8) is 0 Å². The number of hydrogen-bond acceptors (Lipinski definition) is 2. The predicted octanol–water partition coefficient (Wildman–Crippen LogP) is 5.22. The quantitative estimate of drug-likeness (QED) is 0.774. The first kappa shape index (κ1) is 15.1. The molecule has 0 unspecified atom stereocenters. The third-order valence-electron chi connectivity index (χ3n) is 4.27. The molecular weight excluding hydrogens is 270 g/mol. The van der Waals surface area contributed by atoms with Crippen molar-refractivity contribution in [3.8, 4) is 17.0 Å². The monoisotopic (exact) mass is 295 g/mol. The van der Waals surface area contributed by atoms with Crippen molar-refractivity contribution in [1.82, 2.24) is 4.98 Å². The first-order valence-electron chi connectivity index (χ1n) is 8.16. The van der Waals surface area contributed by atoms with Crippen molar-refractivity contribution in [2.45, 2.75) is 46.5 Å². The fourth-order valence-corrected chi connectivity index (χ4v) is 3.11. The van der Waals surface area contributed by atoms with Gasteiger partial charge in [0.25, 0.3) is 0 Å². The summed E-state index contributed by atoms with van der Waals surface area (Å²) in [7, 11) is 0. The Balaban J connectivity index is 2.00. The highest BCUT2D eigenvalue weighted by molar-refractivity contribution is 5.73. The lowest BCUT2D eigenvalue weighted by Gasteiger charge is -2.20. The third kappa shape index (κ3) is 3.01. The van der Waals surface area contributed by atoms with Crippen LogP contribution in [-0.2, 0) is 6.42 Å². The molecule has 2 nitrogen and oxygen atoms in total. The van der Waals surface area contributed by atoms with Crippen LogP contribution in [0.2, 0.25) is 0 Å². The smallest absolute Gasteiger partial charge is 0.221 e. The molecule has 116 valence electrons. The summed E-state index contributed by atoms with van der Waals surface area (Å²) < 4.78 is 6.03. The van der Waals surface area contributed by atoms with E-state index in [1.54, 1.807) is 0 Å². The van der Waals surface area contributed by atoms with Crippen LogP contribution in [0.4, 0.5) is 0 Å². The summed E-state index contributed by atoms with van der Waals surface area (Å²) in [6.07, 6.45) is 4.21. The molecule has 0 radical (unpaired) electrons. The van der Waals surface area contributed by atoms with Crippen molar-refractivity contribution < 1.29 is 4.74 Å². The molecule has 3 rings (SSSR count). The lowest BCUT2D eigenvalue weighted by Crippen LogP contribution is -2.17. The van der Waals surface area contributed by atoms with Crippen LogP contribution in [0.15, 0.2) is 36.5 Å². The fraction of sp³-hybridized carbons (Fsp3) is 0.450. The molecule has 1 aromatic carbocycles. The number of benzene rings is 1. The highest BCUT2D eigenvalue weighted by atomic mass is 16.5. The van der Waals surface area contributed by atoms with Gasteiger partial charge < -0.3 is 4.74 Å². The Labute approximate surface area is 133 Å². The number of aromatic nitrogens is 1. The Bertz CT molecular complexity index is 670. The summed E-state index contributed by atoms with van der Waals surface area (Å²) in [5.41, 5.74) is 5.50. The van der Waals surface area contributed by atoms with E-state index in [0.29, 0.717) is 12.5 Å². The predicted molar refractivity (Wildman–Crippen MR) is 91.4 cm³/mol. The maximum Gasteiger partial charge on any atom is 0.221 e. The topological polar surface area (TPSA) is 22.1 Å². The Kier molecular flexibility index (Phi) is 3.94. The Morgan fingerprint density at radius 2 is 1.91 bits per heavy atom. The van der Waals surface area contributed by atoms with Gasteiger partial charge in [0, 0.05) is 11.8 Å². The molecule has 1 heterocycles. The molecule has 1 aliphatic carbocycles. The lowest BCUT2D eigenvalue weighted by molar-refractivity contribution is 0.192. The van der Waals surface area contributed by atoms with Gasteiger partial charge >= 0.3 is 0 Å². The Hall–Kier alpha value is -1.83. The molecule has 22 heavy (non-hydrogen) atoms. The second-order valence-electron chi connectivity index (χ2n) is 7.52. The molecule has 2 aromatic rings. The van der Waals surface area contributed by atoms with Crippen molar-refractivity contribution in [3.05, 3.63) is 47.7 Å². The van der Waals surface area contributed by atoms with E-state index in [9.17, 15) is 0 Å². The van der Waals surface area contributed by atoms with Gasteiger partial charge in [-0.2, -0.15) is 0 Å². The van der Waals surface area contributed by atoms with Crippen LogP contribution in [0.1, 0.15) is 51.2 Å². The van der Waals surface area contributed by atoms with Gasteiger partial charge in [0.15, 0.2) is 0 Å². The maximum absolute atomic E-state index is 6.03. The summed E-state index contributed by atoms with van der Waals surface area (Å²) in [6.45, 7) is 9.52. The van der Waals surface area contributed by atoms with E-state index in [2.05, 4.69) is 56.9 Å². The van der Waals surface area contributed by atoms with Gasteiger partial charge in [0.2, 0.25) is 5.88 Å². The Morgan fingerprint density at radius 1 is 1.14 bits per heavy atom. The van der Waals surface area contributed by atoms with Gasteiger partial charge in [-0.3, -0.25) is 0 Å². The fourth-order valence-electron chi connectivity index (χ4n) is 3.11. The molecule has 0 fully saturated rings. The van der Waals surface area contributed by atoms with Crippen LogP contribution in [0.5, 0.6) is 5.88 Å². The molecule has 0 N–H and O–H groups in total. The van der Waals surface area contributed by atoms with Crippen LogP contribution in [0, 0.1) is 5.41 Å². The molecule has 0 bridgehead atoms. The molecule has 1 aliphatic rings. The minimum atomic E-state index is 0.127. The second-order valence-corrected chi connectivity index (χ2v) is 7.52. The maximum atomic E-state index is 6.03. The highest BCUT2D eigenvalue weighted by Crippen LogP contribution is 2.40. The van der Waals surface area contributed by atoms with E-state index in [1.807, 2.05) is 12.3 Å². The van der Waals surface area contributed by atoms with E-state index in [-0.39, 0.29) is 5.41 Å². The minimum Gasteiger partial charge on any atom is -0.477 e. The summed E-state index contributed by atoms with van der Waals surface area (Å²) in [5, 5.41) is 0. The van der Waals surface area contributed by atoms with E-state index >= 15 is 0 Å². The largest absolute Gasteiger partial charge is 0.477 e. The molecule has 2 heteroatoms. The third-order valence-corrected chi connectivity index (χ3v) is 4.27. The van der Waals surface area contributed by atoms with E-state index in [4.69, 9.17) is 4.74 Å². The number of ether oxygens (including phenoxy) is 1. The summed E-state index contributed by atoms with van der Waals surface area (Å²) in [4.78, 5) is 4.48. The van der Waals surface area contributed by atoms with E-state index in [1.165, 1.54) is 23.1 Å². The van der Waals surface area contributed by atoms with Gasteiger partial charge in [0.1, 0.15) is 0 Å². The number of hydrogen-bond donors (Lipinski definition) is 0. The average Bonchev–Trinajstić information content (AvgIpc) is 2.87. The molecule has 0 saturated carbocycles. The zero-order valence-corrected chi connectivity index (χ0v) is 14.0. The van der Waals surface area contributed by atoms with Crippen LogP contribution < -0.4 is 4.74 Å². The molecule has 0 amide bonds. The molecule has 0 saturated heterocycles. The van der Waals surface area contributed by atoms with Gasteiger partial charge in [-0.05, 0) is 53.0 Å². The molecule has 0 spiro atoms. The SMILES string of the molecule is C[C@@H]1CCc2c(-c3cccnc3OCC(C)(C)C)cccc21. The molecule has 1 aromatic heterocycles. The van der Waals surface area contributed by atoms with Crippen molar-refractivity contribution in [1.29, 1.82) is 0 Å². The van der Waals surface area contributed by atoms with Gasteiger partial charge in [0.05, 0.1) is 6.61 Å². The zero-order chi connectivity index (χ0) is 15.7. The summed E-state index contributed by atoms with van der Waals surface area (Å²) in [6, 6.07) is 10.8. The first-order valence-corrected chi connectivity index (χ1v) is 8.16. The van der Waals surface area contributed by atoms with E-state index in [0.717, 1.165) is 17.9 Å². The van der Waals surface area contributed by atoms with Crippen LogP contribution >= 0.6 is 0 Å². The minimum absolute atomic E-state index is 0.127. The van der Waals surface area contributed by atoms with Crippen LogP contribution in [0.25, 0.3) is 11.1 Å². The van der Waals surface area contributed by atoms with Crippen LogP contribution in [0.3, 0.4) is 0 Å². The second kappa shape index (κ2) is 5.75. The van der Waals surface area contributed by atoms with Gasteiger partial charge in [-0.15, -0.1) is 0 Å². The summed E-state index contributed by atoms with van der Waals surface area (Å²) in [5.74, 6) is 1.41. The number of rotatable bonds is 3. The normalized spacial score (nSPS) is 17.4. The summed E-state index contributed by atoms with van der Waals surface area (Å²) >= 11 is 0. The van der Waals surface area contributed by atoms with Crippen molar-refractivity contribution >= 4 is 0 Å². The average molecular weight is 295 g/mol. The highest BCUT2D eigenvalue weighted by Gasteiger charge is 2.23. The molecule has 0 aliphatic heterocycles. The molecule has 1 atom stereocenters. The van der Waals surface area contributed by atoms with Gasteiger partial charge in [-0.1, -0.05) is 45.9 Å². The zero-order valence-electron chi connectivity index (χ0n) is 14.0.